The minimum absolute atomic E-state index is 0. The number of hydrogen-bond acceptors (Lipinski definition) is 4. The monoisotopic (exact) mass is 463 g/mol. The molecule has 144 valence electrons. The van der Waals surface area contributed by atoms with Crippen molar-refractivity contribution in [3.05, 3.63) is 17.3 Å². The van der Waals surface area contributed by atoms with Crippen LogP contribution in [0.4, 0.5) is 0 Å². The van der Waals surface area contributed by atoms with E-state index in [4.69, 9.17) is 4.42 Å². The molecular weight excluding hydrogens is 429 g/mol. The second-order valence-corrected chi connectivity index (χ2v) is 6.83. The summed E-state index contributed by atoms with van der Waals surface area (Å²) in [6.45, 7) is 11.5. The SMILES string of the molecule is CN=C(NCCCCN1CCC(C)CC1)NCc1nc(C)c(C)o1.I. The van der Waals surface area contributed by atoms with Gasteiger partial charge in [0.1, 0.15) is 5.76 Å². The van der Waals surface area contributed by atoms with Crippen LogP contribution in [-0.2, 0) is 6.54 Å². The summed E-state index contributed by atoms with van der Waals surface area (Å²) in [5.74, 6) is 3.29. The summed E-state index contributed by atoms with van der Waals surface area (Å²) in [4.78, 5) is 11.2. The average molecular weight is 463 g/mol. The molecule has 0 unspecified atom stereocenters. The van der Waals surface area contributed by atoms with Crippen molar-refractivity contribution in [1.82, 2.24) is 20.5 Å². The number of nitrogens with one attached hydrogen (secondary N) is 2. The van der Waals surface area contributed by atoms with Gasteiger partial charge in [-0.05, 0) is 65.1 Å². The Morgan fingerprint density at radius 2 is 1.96 bits per heavy atom. The van der Waals surface area contributed by atoms with Crippen molar-refractivity contribution >= 4 is 29.9 Å². The van der Waals surface area contributed by atoms with E-state index in [1.165, 1.54) is 38.9 Å². The topological polar surface area (TPSA) is 65.7 Å². The van der Waals surface area contributed by atoms with Crippen molar-refractivity contribution in [3.8, 4) is 0 Å². The minimum Gasteiger partial charge on any atom is -0.444 e. The molecule has 25 heavy (non-hydrogen) atoms. The number of aromatic nitrogens is 1. The Hall–Kier alpha value is -0.830. The van der Waals surface area contributed by atoms with E-state index < -0.39 is 0 Å². The third-order valence-corrected chi connectivity index (χ3v) is 4.77. The third kappa shape index (κ3) is 7.94. The van der Waals surface area contributed by atoms with Gasteiger partial charge in [0.25, 0.3) is 0 Å². The van der Waals surface area contributed by atoms with Crippen LogP contribution in [0, 0.1) is 19.8 Å². The summed E-state index contributed by atoms with van der Waals surface area (Å²) < 4.78 is 5.56. The van der Waals surface area contributed by atoms with E-state index in [0.29, 0.717) is 12.4 Å². The zero-order chi connectivity index (χ0) is 17.4. The van der Waals surface area contributed by atoms with Crippen LogP contribution in [0.5, 0.6) is 0 Å². The highest BCUT2D eigenvalue weighted by atomic mass is 127. The molecule has 1 aliphatic rings. The number of piperidine rings is 1. The number of nitrogens with zero attached hydrogens (tertiary/aromatic N) is 3. The van der Waals surface area contributed by atoms with Crippen LogP contribution < -0.4 is 10.6 Å². The first-order valence-corrected chi connectivity index (χ1v) is 9.18. The highest BCUT2D eigenvalue weighted by Gasteiger charge is 2.14. The van der Waals surface area contributed by atoms with Crippen molar-refractivity contribution in [3.63, 3.8) is 0 Å². The fourth-order valence-corrected chi connectivity index (χ4v) is 2.95. The lowest BCUT2D eigenvalue weighted by Crippen LogP contribution is -2.38. The van der Waals surface area contributed by atoms with Crippen LogP contribution in [-0.4, -0.2) is 49.1 Å². The molecule has 6 nitrogen and oxygen atoms in total. The lowest BCUT2D eigenvalue weighted by atomic mass is 9.99. The quantitative estimate of drug-likeness (QED) is 0.282. The van der Waals surface area contributed by atoms with Gasteiger partial charge in [-0.25, -0.2) is 4.98 Å². The number of rotatable bonds is 7. The summed E-state index contributed by atoms with van der Waals surface area (Å²) in [5, 5.41) is 6.60. The normalized spacial score (nSPS) is 16.6. The van der Waals surface area contributed by atoms with Crippen molar-refractivity contribution < 1.29 is 4.42 Å². The highest BCUT2D eigenvalue weighted by Crippen LogP contribution is 2.16. The smallest absolute Gasteiger partial charge is 0.214 e. The molecule has 0 bridgehead atoms. The number of halogens is 1. The Kier molecular flexibility index (Phi) is 10.4. The number of aryl methyl sites for hydroxylation is 2. The Morgan fingerprint density at radius 1 is 1.24 bits per heavy atom. The average Bonchev–Trinajstić information content (AvgIpc) is 2.90. The molecule has 1 aromatic heterocycles. The molecule has 1 aromatic rings. The van der Waals surface area contributed by atoms with Crippen molar-refractivity contribution in [2.24, 2.45) is 10.9 Å². The highest BCUT2D eigenvalue weighted by molar-refractivity contribution is 14.0. The fourth-order valence-electron chi connectivity index (χ4n) is 2.95. The van der Waals surface area contributed by atoms with E-state index in [1.54, 1.807) is 7.05 Å². The molecule has 1 saturated heterocycles. The van der Waals surface area contributed by atoms with Gasteiger partial charge < -0.3 is 20.0 Å². The van der Waals surface area contributed by atoms with Gasteiger partial charge in [0.05, 0.1) is 12.2 Å². The van der Waals surface area contributed by atoms with E-state index in [-0.39, 0.29) is 24.0 Å². The van der Waals surface area contributed by atoms with Gasteiger partial charge in [0, 0.05) is 13.6 Å². The number of unbranched alkanes of at least 4 members (excludes halogenated alkanes) is 1. The molecule has 0 saturated carbocycles. The molecule has 0 aromatic carbocycles. The van der Waals surface area contributed by atoms with Crippen LogP contribution in [0.1, 0.15) is 50.0 Å². The van der Waals surface area contributed by atoms with E-state index >= 15 is 0 Å². The van der Waals surface area contributed by atoms with Crippen LogP contribution in [0.3, 0.4) is 0 Å². The Labute approximate surface area is 169 Å². The molecular formula is C18H34IN5O. The van der Waals surface area contributed by atoms with Crippen molar-refractivity contribution in [1.29, 1.82) is 0 Å². The summed E-state index contributed by atoms with van der Waals surface area (Å²) in [7, 11) is 1.79. The van der Waals surface area contributed by atoms with E-state index in [2.05, 4.69) is 32.4 Å². The molecule has 2 N–H and O–H groups in total. The van der Waals surface area contributed by atoms with Crippen LogP contribution in [0.2, 0.25) is 0 Å². The van der Waals surface area contributed by atoms with E-state index in [0.717, 1.165) is 36.3 Å². The molecule has 2 heterocycles. The Balaban J connectivity index is 0.00000312. The first-order valence-electron chi connectivity index (χ1n) is 9.18. The standard InChI is InChI=1S/C18H33N5O.HI/c1-14-7-11-23(12-8-14)10-6-5-9-20-18(19-4)21-13-17-22-15(2)16(3)24-17;/h14H,5-13H2,1-4H3,(H2,19,20,21);1H. The fraction of sp³-hybridized carbons (Fsp3) is 0.778. The Bertz CT molecular complexity index is 504. The molecule has 1 aliphatic heterocycles. The lowest BCUT2D eigenvalue weighted by Gasteiger charge is -2.30. The maximum absolute atomic E-state index is 5.56. The number of oxazole rings is 1. The van der Waals surface area contributed by atoms with Gasteiger partial charge in [0.15, 0.2) is 5.96 Å². The lowest BCUT2D eigenvalue weighted by molar-refractivity contribution is 0.189. The molecule has 0 spiro atoms. The maximum Gasteiger partial charge on any atom is 0.214 e. The van der Waals surface area contributed by atoms with Gasteiger partial charge in [-0.1, -0.05) is 6.92 Å². The molecule has 2 rings (SSSR count). The largest absolute Gasteiger partial charge is 0.444 e. The number of hydrogen-bond donors (Lipinski definition) is 2. The number of likely N-dealkylation sites (tertiary alicyclic amines) is 1. The molecule has 0 atom stereocenters. The predicted octanol–water partition coefficient (Wildman–Crippen LogP) is 3.09. The van der Waals surface area contributed by atoms with Crippen molar-refractivity contribution in [2.75, 3.05) is 33.2 Å². The summed E-state index contributed by atoms with van der Waals surface area (Å²) in [5.41, 5.74) is 0.946. The molecule has 7 heteroatoms. The number of aliphatic imine (C=N–C) groups is 1. The van der Waals surface area contributed by atoms with Gasteiger partial charge in [-0.3, -0.25) is 4.99 Å². The predicted molar refractivity (Wildman–Crippen MR) is 114 cm³/mol. The molecule has 0 radical (unpaired) electrons. The first kappa shape index (κ1) is 22.2. The summed E-state index contributed by atoms with van der Waals surface area (Å²) in [6.07, 6.45) is 5.10. The second kappa shape index (κ2) is 11.7. The summed E-state index contributed by atoms with van der Waals surface area (Å²) >= 11 is 0. The van der Waals surface area contributed by atoms with Crippen LogP contribution >= 0.6 is 24.0 Å². The zero-order valence-electron chi connectivity index (χ0n) is 16.1. The summed E-state index contributed by atoms with van der Waals surface area (Å²) in [6, 6.07) is 0. The maximum atomic E-state index is 5.56. The Morgan fingerprint density at radius 3 is 2.56 bits per heavy atom. The minimum atomic E-state index is 0. The molecule has 0 aliphatic carbocycles. The second-order valence-electron chi connectivity index (χ2n) is 6.83. The first-order chi connectivity index (χ1) is 11.6. The van der Waals surface area contributed by atoms with Gasteiger partial charge >= 0.3 is 0 Å². The zero-order valence-corrected chi connectivity index (χ0v) is 18.4. The van der Waals surface area contributed by atoms with Gasteiger partial charge in [-0.15, -0.1) is 24.0 Å². The molecule has 0 amide bonds. The van der Waals surface area contributed by atoms with Crippen LogP contribution in [0.15, 0.2) is 9.41 Å². The van der Waals surface area contributed by atoms with Gasteiger partial charge in [-0.2, -0.15) is 0 Å². The van der Waals surface area contributed by atoms with Crippen LogP contribution in [0.25, 0.3) is 0 Å². The van der Waals surface area contributed by atoms with Gasteiger partial charge in [0.2, 0.25) is 5.89 Å². The van der Waals surface area contributed by atoms with E-state index in [9.17, 15) is 0 Å². The number of guanidine groups is 1. The third-order valence-electron chi connectivity index (χ3n) is 4.77. The van der Waals surface area contributed by atoms with Crippen molar-refractivity contribution in [2.45, 2.75) is 53.0 Å². The van der Waals surface area contributed by atoms with E-state index in [1.807, 2.05) is 13.8 Å². The molecule has 1 fully saturated rings.